The Morgan fingerprint density at radius 3 is 2.50 bits per heavy atom. The Hall–Kier alpha value is -3.48. The second-order valence-corrected chi connectivity index (χ2v) is 6.13. The lowest BCUT2D eigenvalue weighted by Gasteiger charge is -2.10. The monoisotopic (exact) mass is 346 g/mol. The van der Waals surface area contributed by atoms with Crippen molar-refractivity contribution < 1.29 is 0 Å². The molecule has 0 amide bonds. The molecular formula is C19H18N6O. The van der Waals surface area contributed by atoms with E-state index in [1.54, 1.807) is 17.9 Å². The first-order valence-electron chi connectivity index (χ1n) is 8.25. The first-order chi connectivity index (χ1) is 12.5. The van der Waals surface area contributed by atoms with E-state index in [0.717, 1.165) is 16.9 Å². The normalized spacial score (nSPS) is 11.0. The number of fused-ring (bicyclic) bond motifs is 1. The topological polar surface area (TPSA) is 77.6 Å². The summed E-state index contributed by atoms with van der Waals surface area (Å²) in [5.74, 6) is 1.98. The van der Waals surface area contributed by atoms with Crippen molar-refractivity contribution in [3.05, 3.63) is 70.5 Å². The van der Waals surface area contributed by atoms with Gasteiger partial charge in [-0.3, -0.25) is 9.48 Å². The van der Waals surface area contributed by atoms with Gasteiger partial charge in [-0.1, -0.05) is 18.2 Å². The summed E-state index contributed by atoms with van der Waals surface area (Å²) >= 11 is 0. The minimum Gasteiger partial charge on any atom is -0.325 e. The molecule has 3 aromatic heterocycles. The highest BCUT2D eigenvalue weighted by Crippen LogP contribution is 2.21. The molecule has 0 saturated heterocycles. The molecule has 0 atom stereocenters. The van der Waals surface area contributed by atoms with Crippen molar-refractivity contribution in [3.8, 4) is 5.69 Å². The van der Waals surface area contributed by atoms with Crippen LogP contribution in [0.1, 0.15) is 11.5 Å². The molecule has 0 aliphatic rings. The van der Waals surface area contributed by atoms with Crippen LogP contribution in [-0.2, 0) is 7.05 Å². The third-order valence-corrected chi connectivity index (χ3v) is 4.16. The molecule has 1 aromatic carbocycles. The van der Waals surface area contributed by atoms with Gasteiger partial charge in [0.15, 0.2) is 0 Å². The Morgan fingerprint density at radius 2 is 1.77 bits per heavy atom. The molecule has 0 unspecified atom stereocenters. The number of nitrogens with one attached hydrogen (secondary N) is 1. The van der Waals surface area contributed by atoms with Gasteiger partial charge in [-0.15, -0.1) is 0 Å². The van der Waals surface area contributed by atoms with Crippen molar-refractivity contribution in [2.24, 2.45) is 7.05 Å². The highest BCUT2D eigenvalue weighted by atomic mass is 16.1. The van der Waals surface area contributed by atoms with E-state index in [4.69, 9.17) is 0 Å². The Labute approximate surface area is 150 Å². The molecule has 0 saturated carbocycles. The minimum atomic E-state index is -0.0865. The van der Waals surface area contributed by atoms with Gasteiger partial charge in [0.2, 0.25) is 0 Å². The van der Waals surface area contributed by atoms with Crippen molar-refractivity contribution in [1.29, 1.82) is 0 Å². The molecule has 7 nitrogen and oxygen atoms in total. The van der Waals surface area contributed by atoms with Gasteiger partial charge < -0.3 is 5.32 Å². The number of rotatable bonds is 3. The number of aromatic nitrogens is 5. The SMILES string of the molecule is Cc1cc(Nc2cc3c(cn2)c(=O)n(C)n3-c2ccccc2)nc(C)n1. The number of benzene rings is 1. The number of nitrogens with zero attached hydrogens (tertiary/aromatic N) is 5. The molecule has 0 aliphatic heterocycles. The molecule has 130 valence electrons. The van der Waals surface area contributed by atoms with E-state index in [0.29, 0.717) is 22.8 Å². The lowest BCUT2D eigenvalue weighted by molar-refractivity contribution is 0.656. The van der Waals surface area contributed by atoms with Crippen molar-refractivity contribution in [2.75, 3.05) is 5.32 Å². The zero-order chi connectivity index (χ0) is 18.3. The minimum absolute atomic E-state index is 0.0865. The number of para-hydroxylation sites is 1. The second-order valence-electron chi connectivity index (χ2n) is 6.13. The van der Waals surface area contributed by atoms with Crippen LogP contribution in [0.25, 0.3) is 16.6 Å². The first-order valence-corrected chi connectivity index (χ1v) is 8.25. The molecule has 3 heterocycles. The van der Waals surface area contributed by atoms with E-state index in [9.17, 15) is 4.79 Å². The van der Waals surface area contributed by atoms with Crippen LogP contribution in [0, 0.1) is 13.8 Å². The first kappa shape index (κ1) is 16.0. The van der Waals surface area contributed by atoms with E-state index in [1.807, 2.05) is 61.0 Å². The molecule has 0 fully saturated rings. The number of hydrogen-bond acceptors (Lipinski definition) is 5. The van der Waals surface area contributed by atoms with E-state index in [1.165, 1.54) is 0 Å². The fourth-order valence-corrected chi connectivity index (χ4v) is 3.07. The highest BCUT2D eigenvalue weighted by molar-refractivity contribution is 5.82. The van der Waals surface area contributed by atoms with Crippen molar-refractivity contribution in [1.82, 2.24) is 24.3 Å². The molecule has 0 spiro atoms. The van der Waals surface area contributed by atoms with Gasteiger partial charge in [0.1, 0.15) is 17.5 Å². The van der Waals surface area contributed by atoms with Gasteiger partial charge in [0, 0.05) is 31.1 Å². The van der Waals surface area contributed by atoms with Crippen LogP contribution in [0.4, 0.5) is 11.6 Å². The Kier molecular flexibility index (Phi) is 3.76. The van der Waals surface area contributed by atoms with E-state index >= 15 is 0 Å². The molecule has 0 radical (unpaired) electrons. The lowest BCUT2D eigenvalue weighted by Crippen LogP contribution is -2.17. The summed E-state index contributed by atoms with van der Waals surface area (Å²) in [7, 11) is 1.75. The van der Waals surface area contributed by atoms with Crippen LogP contribution < -0.4 is 10.9 Å². The Bertz CT molecular complexity index is 1140. The van der Waals surface area contributed by atoms with Gasteiger partial charge >= 0.3 is 0 Å². The largest absolute Gasteiger partial charge is 0.325 e. The van der Waals surface area contributed by atoms with Crippen LogP contribution >= 0.6 is 0 Å². The summed E-state index contributed by atoms with van der Waals surface area (Å²) in [5, 5.41) is 3.76. The quantitative estimate of drug-likeness (QED) is 0.617. The summed E-state index contributed by atoms with van der Waals surface area (Å²) in [6.07, 6.45) is 1.60. The standard InChI is InChI=1S/C19H18N6O/c1-12-9-18(22-13(2)21-12)23-17-10-16-15(11-20-17)19(26)24(3)25(16)14-7-5-4-6-8-14/h4-11H,1-3H3,(H,20,21,22,23). The zero-order valence-electron chi connectivity index (χ0n) is 14.8. The fourth-order valence-electron chi connectivity index (χ4n) is 3.07. The maximum atomic E-state index is 12.5. The van der Waals surface area contributed by atoms with Crippen molar-refractivity contribution >= 4 is 22.5 Å². The lowest BCUT2D eigenvalue weighted by atomic mass is 10.3. The number of anilines is 2. The number of pyridine rings is 1. The second kappa shape index (κ2) is 6.11. The van der Waals surface area contributed by atoms with E-state index in [-0.39, 0.29) is 5.56 Å². The third-order valence-electron chi connectivity index (χ3n) is 4.16. The zero-order valence-corrected chi connectivity index (χ0v) is 14.8. The predicted molar refractivity (Wildman–Crippen MR) is 101 cm³/mol. The summed E-state index contributed by atoms with van der Waals surface area (Å²) in [4.78, 5) is 25.6. The average Bonchev–Trinajstić information content (AvgIpc) is 2.85. The summed E-state index contributed by atoms with van der Waals surface area (Å²) in [6.45, 7) is 3.76. The summed E-state index contributed by atoms with van der Waals surface area (Å²) in [6, 6.07) is 13.5. The molecule has 26 heavy (non-hydrogen) atoms. The summed E-state index contributed by atoms with van der Waals surface area (Å²) < 4.78 is 3.46. The van der Waals surface area contributed by atoms with Crippen LogP contribution in [0.5, 0.6) is 0 Å². The van der Waals surface area contributed by atoms with E-state index < -0.39 is 0 Å². The number of aryl methyl sites for hydroxylation is 2. The van der Waals surface area contributed by atoms with Gasteiger partial charge in [0.25, 0.3) is 5.56 Å². The molecule has 7 heteroatoms. The molecule has 4 aromatic rings. The molecular weight excluding hydrogens is 328 g/mol. The fraction of sp³-hybridized carbons (Fsp3) is 0.158. The maximum absolute atomic E-state index is 12.5. The predicted octanol–water partition coefficient (Wildman–Crippen LogP) is 2.87. The molecule has 0 aliphatic carbocycles. The number of hydrogen-bond donors (Lipinski definition) is 1. The van der Waals surface area contributed by atoms with Gasteiger partial charge in [-0.05, 0) is 26.0 Å². The molecule has 1 N–H and O–H groups in total. The van der Waals surface area contributed by atoms with Crippen molar-refractivity contribution in [2.45, 2.75) is 13.8 Å². The van der Waals surface area contributed by atoms with E-state index in [2.05, 4.69) is 20.3 Å². The highest BCUT2D eigenvalue weighted by Gasteiger charge is 2.13. The van der Waals surface area contributed by atoms with Crippen LogP contribution in [-0.4, -0.2) is 24.3 Å². The van der Waals surface area contributed by atoms with Crippen molar-refractivity contribution in [3.63, 3.8) is 0 Å². The average molecular weight is 346 g/mol. The van der Waals surface area contributed by atoms with Gasteiger partial charge in [-0.2, -0.15) is 0 Å². The van der Waals surface area contributed by atoms with Crippen LogP contribution in [0.3, 0.4) is 0 Å². The Morgan fingerprint density at radius 1 is 1.00 bits per heavy atom. The summed E-state index contributed by atoms with van der Waals surface area (Å²) in [5.41, 5.74) is 2.48. The smallest absolute Gasteiger partial charge is 0.276 e. The van der Waals surface area contributed by atoms with Crippen LogP contribution in [0.2, 0.25) is 0 Å². The maximum Gasteiger partial charge on any atom is 0.276 e. The Balaban J connectivity index is 1.85. The molecule has 4 rings (SSSR count). The molecule has 0 bridgehead atoms. The third kappa shape index (κ3) is 2.73. The van der Waals surface area contributed by atoms with Gasteiger partial charge in [-0.25, -0.2) is 19.6 Å². The van der Waals surface area contributed by atoms with Gasteiger partial charge in [0.05, 0.1) is 16.6 Å². The van der Waals surface area contributed by atoms with Crippen LogP contribution in [0.15, 0.2) is 53.5 Å².